The van der Waals surface area contributed by atoms with Gasteiger partial charge in [0, 0.05) is 6.07 Å². The molecule has 94 valence electrons. The molecule has 0 atom stereocenters. The van der Waals surface area contributed by atoms with E-state index in [-0.39, 0.29) is 5.96 Å². The molecule has 6 heteroatoms. The van der Waals surface area contributed by atoms with Crippen molar-refractivity contribution in [2.45, 2.75) is 13.8 Å². The van der Waals surface area contributed by atoms with E-state index in [4.69, 9.17) is 20.4 Å². The van der Waals surface area contributed by atoms with E-state index in [1.54, 1.807) is 23.7 Å². The van der Waals surface area contributed by atoms with Crippen molar-refractivity contribution >= 4 is 11.6 Å². The van der Waals surface area contributed by atoms with Gasteiger partial charge in [0.2, 0.25) is 5.96 Å². The van der Waals surface area contributed by atoms with Gasteiger partial charge in [-0.05, 0) is 26.0 Å². The molecule has 0 aliphatic carbocycles. The maximum Gasteiger partial charge on any atom is 0.218 e. The number of hydrogen-bond acceptors (Lipinski definition) is 4. The Morgan fingerprint density at radius 3 is 2.65 bits per heavy atom. The first-order valence-electron chi connectivity index (χ1n) is 5.35. The fourth-order valence-electron chi connectivity index (χ4n) is 1.27. The quantitative estimate of drug-likeness (QED) is 0.410. The van der Waals surface area contributed by atoms with Crippen molar-refractivity contribution in [2.75, 3.05) is 13.2 Å². The minimum Gasteiger partial charge on any atom is -0.494 e. The molecule has 1 aromatic carbocycles. The maximum atomic E-state index is 8.61. The number of nitrogens with two attached hydrogens (primary N) is 1. The zero-order valence-corrected chi connectivity index (χ0v) is 9.93. The summed E-state index contributed by atoms with van der Waals surface area (Å²) < 4.78 is 10.7. The lowest BCUT2D eigenvalue weighted by atomic mass is 10.3. The molecule has 4 N–H and O–H groups in total. The van der Waals surface area contributed by atoms with Gasteiger partial charge in [0.15, 0.2) is 0 Å². The van der Waals surface area contributed by atoms with Crippen LogP contribution in [0.1, 0.15) is 13.8 Å². The smallest absolute Gasteiger partial charge is 0.218 e. The Hall–Kier alpha value is -1.95. The Morgan fingerprint density at radius 2 is 2.06 bits per heavy atom. The van der Waals surface area contributed by atoms with E-state index in [1.165, 1.54) is 0 Å². The van der Waals surface area contributed by atoms with Gasteiger partial charge >= 0.3 is 0 Å². The molecule has 0 saturated heterocycles. The number of hydrogen-bond donors (Lipinski definition) is 3. The third-order valence-electron chi connectivity index (χ3n) is 1.90. The number of aliphatic imine (C=N–C) groups is 1. The summed E-state index contributed by atoms with van der Waals surface area (Å²) in [7, 11) is 0. The largest absolute Gasteiger partial charge is 0.494 e. The Balaban J connectivity index is 3.06. The van der Waals surface area contributed by atoms with Gasteiger partial charge in [-0.15, -0.1) is 0 Å². The number of benzene rings is 1. The lowest BCUT2D eigenvalue weighted by molar-refractivity contribution is 0.233. The van der Waals surface area contributed by atoms with Crippen molar-refractivity contribution in [3.8, 4) is 11.5 Å². The van der Waals surface area contributed by atoms with Crippen LogP contribution in [0, 0.1) is 0 Å². The van der Waals surface area contributed by atoms with Gasteiger partial charge in [-0.2, -0.15) is 0 Å². The monoisotopic (exact) mass is 239 g/mol. The summed E-state index contributed by atoms with van der Waals surface area (Å²) in [5.41, 5.74) is 7.65. The summed E-state index contributed by atoms with van der Waals surface area (Å²) in [6, 6.07) is 5.23. The fourth-order valence-corrected chi connectivity index (χ4v) is 1.27. The molecule has 0 spiro atoms. The molecule has 17 heavy (non-hydrogen) atoms. The van der Waals surface area contributed by atoms with Crippen LogP contribution >= 0.6 is 0 Å². The molecule has 0 radical (unpaired) electrons. The second kappa shape index (κ2) is 6.59. The third kappa shape index (κ3) is 3.84. The summed E-state index contributed by atoms with van der Waals surface area (Å²) in [4.78, 5) is 3.97. The molecule has 0 saturated carbocycles. The first kappa shape index (κ1) is 13.1. The van der Waals surface area contributed by atoms with Crippen LogP contribution in [0.15, 0.2) is 23.2 Å². The summed E-state index contributed by atoms with van der Waals surface area (Å²) in [5.74, 6) is 1.13. The predicted molar refractivity (Wildman–Crippen MR) is 65.0 cm³/mol. The van der Waals surface area contributed by atoms with Crippen LogP contribution in [-0.4, -0.2) is 24.4 Å². The number of ether oxygens (including phenoxy) is 2. The van der Waals surface area contributed by atoms with E-state index in [1.807, 2.05) is 13.8 Å². The van der Waals surface area contributed by atoms with Crippen molar-refractivity contribution in [3.63, 3.8) is 0 Å². The highest BCUT2D eigenvalue weighted by Crippen LogP contribution is 2.31. The second-order valence-corrected chi connectivity index (χ2v) is 3.10. The molecule has 0 aliphatic rings. The van der Waals surface area contributed by atoms with Crippen molar-refractivity contribution in [2.24, 2.45) is 10.7 Å². The highest BCUT2D eigenvalue weighted by Gasteiger charge is 2.05. The van der Waals surface area contributed by atoms with Crippen LogP contribution in [0.25, 0.3) is 0 Å². The summed E-state index contributed by atoms with van der Waals surface area (Å²) >= 11 is 0. The lowest BCUT2D eigenvalue weighted by Gasteiger charge is -2.10. The van der Waals surface area contributed by atoms with Gasteiger partial charge in [-0.1, -0.05) is 0 Å². The first-order chi connectivity index (χ1) is 8.21. The summed E-state index contributed by atoms with van der Waals surface area (Å²) in [6.45, 7) is 4.84. The molecule has 0 amide bonds. The molecule has 0 aliphatic heterocycles. The molecule has 0 aromatic heterocycles. The predicted octanol–water partition coefficient (Wildman–Crippen LogP) is 1.41. The van der Waals surface area contributed by atoms with Crippen molar-refractivity contribution in [1.29, 1.82) is 0 Å². The number of hydroxylamine groups is 1. The molecular formula is C11H17N3O3. The van der Waals surface area contributed by atoms with Crippen molar-refractivity contribution in [3.05, 3.63) is 18.2 Å². The number of nitrogens with one attached hydrogen (secondary N) is 1. The Labute approximate surface area is 100 Å². The molecular weight excluding hydrogens is 222 g/mol. The molecule has 1 rings (SSSR count). The number of rotatable bonds is 5. The summed E-state index contributed by atoms with van der Waals surface area (Å²) in [5, 5.41) is 8.61. The maximum absolute atomic E-state index is 8.61. The minimum absolute atomic E-state index is 0.111. The minimum atomic E-state index is -0.111. The van der Waals surface area contributed by atoms with Crippen LogP contribution in [0.5, 0.6) is 11.5 Å². The van der Waals surface area contributed by atoms with E-state index in [0.29, 0.717) is 30.4 Å². The SMILES string of the molecule is CCOc1ccc(OCC)c(N=C(N)NO)c1. The topological polar surface area (TPSA) is 89.1 Å². The third-order valence-corrected chi connectivity index (χ3v) is 1.90. The van der Waals surface area contributed by atoms with Gasteiger partial charge < -0.3 is 15.2 Å². The highest BCUT2D eigenvalue weighted by molar-refractivity contribution is 5.81. The van der Waals surface area contributed by atoms with Gasteiger partial charge in [0.05, 0.1) is 13.2 Å². The van der Waals surface area contributed by atoms with Crippen LogP contribution in [0.2, 0.25) is 0 Å². The van der Waals surface area contributed by atoms with E-state index in [2.05, 4.69) is 4.99 Å². The van der Waals surface area contributed by atoms with Gasteiger partial charge in [0.25, 0.3) is 0 Å². The first-order valence-corrected chi connectivity index (χ1v) is 5.35. The molecule has 0 heterocycles. The van der Waals surface area contributed by atoms with Gasteiger partial charge in [-0.25, -0.2) is 10.5 Å². The van der Waals surface area contributed by atoms with Crippen LogP contribution < -0.4 is 20.7 Å². The van der Waals surface area contributed by atoms with Crippen LogP contribution in [0.3, 0.4) is 0 Å². The normalized spacial score (nSPS) is 11.1. The van der Waals surface area contributed by atoms with Gasteiger partial charge in [-0.3, -0.25) is 5.21 Å². The van der Waals surface area contributed by atoms with E-state index < -0.39 is 0 Å². The average Bonchev–Trinajstić information content (AvgIpc) is 2.33. The molecule has 0 bridgehead atoms. The molecule has 0 unspecified atom stereocenters. The van der Waals surface area contributed by atoms with E-state index in [0.717, 1.165) is 0 Å². The van der Waals surface area contributed by atoms with Gasteiger partial charge in [0.1, 0.15) is 17.2 Å². The Kier molecular flexibility index (Phi) is 5.09. The van der Waals surface area contributed by atoms with E-state index >= 15 is 0 Å². The fraction of sp³-hybridized carbons (Fsp3) is 0.364. The average molecular weight is 239 g/mol. The zero-order chi connectivity index (χ0) is 12.7. The lowest BCUT2D eigenvalue weighted by Crippen LogP contribution is -2.27. The van der Waals surface area contributed by atoms with Crippen LogP contribution in [0.4, 0.5) is 5.69 Å². The number of guanidine groups is 1. The Bertz CT molecular complexity index is 394. The van der Waals surface area contributed by atoms with Crippen molar-refractivity contribution in [1.82, 2.24) is 5.48 Å². The summed E-state index contributed by atoms with van der Waals surface area (Å²) in [6.07, 6.45) is 0. The highest BCUT2D eigenvalue weighted by atomic mass is 16.5. The Morgan fingerprint density at radius 1 is 1.35 bits per heavy atom. The van der Waals surface area contributed by atoms with Crippen LogP contribution in [-0.2, 0) is 0 Å². The standard InChI is InChI=1S/C11H17N3O3/c1-3-16-8-5-6-10(17-4-2)9(7-8)13-11(12)14-15/h5-7,15H,3-4H2,1-2H3,(H3,12,13,14). The second-order valence-electron chi connectivity index (χ2n) is 3.10. The zero-order valence-electron chi connectivity index (χ0n) is 9.93. The number of nitrogens with zero attached hydrogens (tertiary/aromatic N) is 1. The molecule has 1 aromatic rings. The van der Waals surface area contributed by atoms with E-state index in [9.17, 15) is 0 Å². The molecule has 0 fully saturated rings. The van der Waals surface area contributed by atoms with Crippen molar-refractivity contribution < 1.29 is 14.7 Å². The molecule has 6 nitrogen and oxygen atoms in total.